The maximum absolute atomic E-state index is 13.0. The molecule has 0 saturated carbocycles. The molecule has 4 rings (SSSR count). The van der Waals surface area contributed by atoms with Gasteiger partial charge in [0.05, 0.1) is 12.2 Å². The molecule has 0 aliphatic carbocycles. The van der Waals surface area contributed by atoms with E-state index in [9.17, 15) is 4.39 Å². The number of hydrogen-bond donors (Lipinski definition) is 1. The largest absolute Gasteiger partial charge is 0.457 e. The van der Waals surface area contributed by atoms with Gasteiger partial charge in [-0.2, -0.15) is 0 Å². The molecule has 0 radical (unpaired) electrons. The van der Waals surface area contributed by atoms with Crippen LogP contribution in [0.3, 0.4) is 0 Å². The van der Waals surface area contributed by atoms with Crippen LogP contribution in [0.2, 0.25) is 0 Å². The topological polar surface area (TPSA) is 59.0 Å². The fourth-order valence-electron chi connectivity index (χ4n) is 4.09. The van der Waals surface area contributed by atoms with E-state index in [0.717, 1.165) is 50.8 Å². The standard InChI is InChI=1S/C22H27FN4O2.HI/c1-24-21(27-11-7-22(16-27)8-12-28-13-9-22)26-15-18-14-20(6-10-25-18)29-19-4-2-17(23)3-5-19;/h2-6,10,14H,7-9,11-13,15-16H2,1H3,(H,24,26);1H. The van der Waals surface area contributed by atoms with Gasteiger partial charge in [0.25, 0.3) is 0 Å². The molecular formula is C22H28FIN4O2. The van der Waals surface area contributed by atoms with E-state index in [2.05, 4.69) is 20.2 Å². The van der Waals surface area contributed by atoms with Crippen molar-refractivity contribution in [1.82, 2.24) is 15.2 Å². The van der Waals surface area contributed by atoms with Crippen molar-refractivity contribution in [1.29, 1.82) is 0 Å². The highest BCUT2D eigenvalue weighted by molar-refractivity contribution is 14.0. The van der Waals surface area contributed by atoms with Crippen LogP contribution in [0.25, 0.3) is 0 Å². The van der Waals surface area contributed by atoms with E-state index >= 15 is 0 Å². The van der Waals surface area contributed by atoms with Gasteiger partial charge in [-0.1, -0.05) is 0 Å². The SMILES string of the molecule is CN=C(NCc1cc(Oc2ccc(F)cc2)ccn1)N1CCC2(CCOCC2)C1.I. The number of nitrogens with zero attached hydrogens (tertiary/aromatic N) is 3. The van der Waals surface area contributed by atoms with Crippen LogP contribution in [0.15, 0.2) is 47.6 Å². The van der Waals surface area contributed by atoms with Crippen molar-refractivity contribution >= 4 is 29.9 Å². The zero-order chi connectivity index (χ0) is 20.1. The van der Waals surface area contributed by atoms with E-state index in [-0.39, 0.29) is 29.8 Å². The van der Waals surface area contributed by atoms with Crippen LogP contribution in [0.1, 0.15) is 25.0 Å². The van der Waals surface area contributed by atoms with Crippen LogP contribution in [0.4, 0.5) is 4.39 Å². The monoisotopic (exact) mass is 526 g/mol. The number of guanidine groups is 1. The molecule has 6 nitrogen and oxygen atoms in total. The Bertz CT molecular complexity index is 856. The summed E-state index contributed by atoms with van der Waals surface area (Å²) in [6.45, 7) is 4.33. The average molecular weight is 526 g/mol. The Morgan fingerprint density at radius 2 is 1.97 bits per heavy atom. The summed E-state index contributed by atoms with van der Waals surface area (Å²) in [6, 6.07) is 9.64. The van der Waals surface area contributed by atoms with Crippen LogP contribution in [-0.2, 0) is 11.3 Å². The first kappa shape index (κ1) is 22.7. The molecule has 1 N–H and O–H groups in total. The number of hydrogen-bond acceptors (Lipinski definition) is 4. The highest BCUT2D eigenvalue weighted by Gasteiger charge is 2.40. The number of aliphatic imine (C=N–C) groups is 1. The molecule has 0 amide bonds. The Labute approximate surface area is 193 Å². The average Bonchev–Trinajstić information content (AvgIpc) is 3.14. The third kappa shape index (κ3) is 5.60. The van der Waals surface area contributed by atoms with Crippen molar-refractivity contribution in [3.8, 4) is 11.5 Å². The highest BCUT2D eigenvalue weighted by atomic mass is 127. The molecule has 2 aliphatic rings. The maximum atomic E-state index is 13.0. The minimum Gasteiger partial charge on any atom is -0.457 e. The minimum atomic E-state index is -0.284. The second-order valence-electron chi connectivity index (χ2n) is 7.72. The second kappa shape index (κ2) is 10.4. The summed E-state index contributed by atoms with van der Waals surface area (Å²) >= 11 is 0. The van der Waals surface area contributed by atoms with E-state index in [1.54, 1.807) is 24.4 Å². The molecule has 162 valence electrons. The first-order valence-corrected chi connectivity index (χ1v) is 10.1. The normalized spacial score (nSPS) is 18.2. The third-order valence-corrected chi connectivity index (χ3v) is 5.77. The molecule has 2 aromatic rings. The van der Waals surface area contributed by atoms with Gasteiger partial charge in [-0.15, -0.1) is 24.0 Å². The molecule has 0 atom stereocenters. The zero-order valence-electron chi connectivity index (χ0n) is 17.1. The number of benzene rings is 1. The lowest BCUT2D eigenvalue weighted by molar-refractivity contribution is 0.0217. The van der Waals surface area contributed by atoms with E-state index in [1.807, 2.05) is 13.1 Å². The molecule has 2 saturated heterocycles. The zero-order valence-corrected chi connectivity index (χ0v) is 19.5. The van der Waals surface area contributed by atoms with E-state index < -0.39 is 0 Å². The summed E-state index contributed by atoms with van der Waals surface area (Å²) in [7, 11) is 1.82. The molecule has 8 heteroatoms. The van der Waals surface area contributed by atoms with Gasteiger partial charge in [0.15, 0.2) is 5.96 Å². The number of aromatic nitrogens is 1. The molecule has 0 unspecified atom stereocenters. The van der Waals surface area contributed by atoms with Gasteiger partial charge in [-0.3, -0.25) is 9.98 Å². The lowest BCUT2D eigenvalue weighted by Crippen LogP contribution is -2.42. The van der Waals surface area contributed by atoms with Gasteiger partial charge in [0.2, 0.25) is 0 Å². The molecular weight excluding hydrogens is 498 g/mol. The summed E-state index contributed by atoms with van der Waals surface area (Å²) in [5, 5.41) is 3.43. The van der Waals surface area contributed by atoms with E-state index in [0.29, 0.717) is 23.5 Å². The Morgan fingerprint density at radius 3 is 2.70 bits per heavy atom. The Kier molecular flexibility index (Phi) is 7.87. The predicted molar refractivity (Wildman–Crippen MR) is 125 cm³/mol. The Balaban J connectivity index is 0.00000256. The van der Waals surface area contributed by atoms with Crippen molar-refractivity contribution in [2.24, 2.45) is 10.4 Å². The Hall–Kier alpha value is -1.94. The third-order valence-electron chi connectivity index (χ3n) is 5.77. The van der Waals surface area contributed by atoms with Gasteiger partial charge in [-0.25, -0.2) is 4.39 Å². The van der Waals surface area contributed by atoms with Gasteiger partial charge >= 0.3 is 0 Å². The maximum Gasteiger partial charge on any atom is 0.193 e. The first-order valence-electron chi connectivity index (χ1n) is 10.1. The van der Waals surface area contributed by atoms with Crippen LogP contribution in [0.5, 0.6) is 11.5 Å². The molecule has 1 aromatic heterocycles. The summed E-state index contributed by atoms with van der Waals surface area (Å²) in [5.41, 5.74) is 1.22. The molecule has 0 bridgehead atoms. The van der Waals surface area contributed by atoms with Gasteiger partial charge < -0.3 is 19.7 Å². The van der Waals surface area contributed by atoms with Gasteiger partial charge in [0, 0.05) is 45.6 Å². The number of rotatable bonds is 4. The Morgan fingerprint density at radius 1 is 1.20 bits per heavy atom. The minimum absolute atomic E-state index is 0. The van der Waals surface area contributed by atoms with Crippen molar-refractivity contribution < 1.29 is 13.9 Å². The van der Waals surface area contributed by atoms with Crippen molar-refractivity contribution in [3.63, 3.8) is 0 Å². The van der Waals surface area contributed by atoms with Crippen molar-refractivity contribution in [2.75, 3.05) is 33.4 Å². The first-order chi connectivity index (χ1) is 14.2. The highest BCUT2D eigenvalue weighted by Crippen LogP contribution is 2.39. The van der Waals surface area contributed by atoms with Crippen molar-refractivity contribution in [3.05, 3.63) is 54.1 Å². The summed E-state index contributed by atoms with van der Waals surface area (Å²) < 4.78 is 24.4. The lowest BCUT2D eigenvalue weighted by atomic mass is 9.80. The summed E-state index contributed by atoms with van der Waals surface area (Å²) in [4.78, 5) is 11.2. The number of likely N-dealkylation sites (tertiary alicyclic amines) is 1. The number of ether oxygens (including phenoxy) is 2. The van der Waals surface area contributed by atoms with Crippen molar-refractivity contribution in [2.45, 2.75) is 25.8 Å². The second-order valence-corrected chi connectivity index (χ2v) is 7.72. The van der Waals surface area contributed by atoms with E-state index in [4.69, 9.17) is 9.47 Å². The predicted octanol–water partition coefficient (Wildman–Crippen LogP) is 4.21. The summed E-state index contributed by atoms with van der Waals surface area (Å²) in [5.74, 6) is 1.87. The fourth-order valence-corrected chi connectivity index (χ4v) is 4.09. The molecule has 3 heterocycles. The van der Waals surface area contributed by atoms with Crippen LogP contribution >= 0.6 is 24.0 Å². The van der Waals surface area contributed by atoms with Crippen LogP contribution in [0, 0.1) is 11.2 Å². The smallest absolute Gasteiger partial charge is 0.193 e. The quantitative estimate of drug-likeness (QED) is 0.368. The van der Waals surface area contributed by atoms with E-state index in [1.165, 1.54) is 18.6 Å². The molecule has 2 aliphatic heterocycles. The molecule has 1 spiro atoms. The fraction of sp³-hybridized carbons (Fsp3) is 0.455. The number of nitrogens with one attached hydrogen (secondary N) is 1. The number of pyridine rings is 1. The molecule has 30 heavy (non-hydrogen) atoms. The summed E-state index contributed by atoms with van der Waals surface area (Å²) in [6.07, 6.45) is 5.16. The van der Waals surface area contributed by atoms with Crippen LogP contribution in [-0.4, -0.2) is 49.2 Å². The number of halogens is 2. The molecule has 2 fully saturated rings. The lowest BCUT2D eigenvalue weighted by Gasteiger charge is -2.33. The van der Waals surface area contributed by atoms with Gasteiger partial charge in [-0.05, 0) is 55.0 Å². The van der Waals surface area contributed by atoms with Gasteiger partial charge in [0.1, 0.15) is 17.3 Å². The van der Waals surface area contributed by atoms with Crippen LogP contribution < -0.4 is 10.1 Å². The molecule has 1 aromatic carbocycles.